The predicted molar refractivity (Wildman–Crippen MR) is 91.5 cm³/mol. The van der Waals surface area contributed by atoms with Gasteiger partial charge in [-0.25, -0.2) is 0 Å². The number of carbonyl (C=O) groups excluding carboxylic acids is 1. The highest BCUT2D eigenvalue weighted by Gasteiger charge is 2.09. The third-order valence-corrected chi connectivity index (χ3v) is 3.76. The molecule has 0 aliphatic heterocycles. The first kappa shape index (κ1) is 17.4. The van der Waals surface area contributed by atoms with Gasteiger partial charge in [0.1, 0.15) is 0 Å². The summed E-state index contributed by atoms with van der Waals surface area (Å²) in [5, 5.41) is 3.81. The third kappa shape index (κ3) is 5.05. The van der Waals surface area contributed by atoms with Gasteiger partial charge in [-0.1, -0.05) is 35.3 Å². The lowest BCUT2D eigenvalue weighted by Gasteiger charge is -2.12. The molecule has 0 fully saturated rings. The normalized spacial score (nSPS) is 10.3. The fraction of sp³-hybridized carbons (Fsp3) is 0.235. The van der Waals surface area contributed by atoms with E-state index >= 15 is 0 Å². The zero-order valence-electron chi connectivity index (χ0n) is 12.9. The van der Waals surface area contributed by atoms with Crippen molar-refractivity contribution in [3.05, 3.63) is 57.6 Å². The number of carbonyl (C=O) groups is 1. The molecule has 0 heterocycles. The van der Waals surface area contributed by atoms with E-state index in [1.165, 1.54) is 0 Å². The Kier molecular flexibility index (Phi) is 6.13. The van der Waals surface area contributed by atoms with Gasteiger partial charge in [0.15, 0.2) is 18.1 Å². The molecule has 0 aliphatic rings. The second kappa shape index (κ2) is 8.09. The summed E-state index contributed by atoms with van der Waals surface area (Å²) in [5.74, 6) is 0.870. The predicted octanol–water partition coefficient (Wildman–Crippen LogP) is 4.01. The molecule has 2 rings (SSSR count). The van der Waals surface area contributed by atoms with Crippen LogP contribution in [0.3, 0.4) is 0 Å². The van der Waals surface area contributed by atoms with Crippen LogP contribution in [0.2, 0.25) is 10.0 Å². The zero-order chi connectivity index (χ0) is 16.8. The zero-order valence-corrected chi connectivity index (χ0v) is 14.4. The molecular weight excluding hydrogens is 337 g/mol. The first-order valence-corrected chi connectivity index (χ1v) is 7.73. The lowest BCUT2D eigenvalue weighted by Crippen LogP contribution is -2.28. The number of hydrogen-bond acceptors (Lipinski definition) is 3. The van der Waals surface area contributed by atoms with Gasteiger partial charge in [0.05, 0.1) is 7.11 Å². The molecule has 2 aromatic carbocycles. The van der Waals surface area contributed by atoms with Crippen LogP contribution in [-0.4, -0.2) is 19.6 Å². The van der Waals surface area contributed by atoms with Crippen molar-refractivity contribution in [2.75, 3.05) is 13.7 Å². The van der Waals surface area contributed by atoms with Gasteiger partial charge >= 0.3 is 0 Å². The average molecular weight is 354 g/mol. The van der Waals surface area contributed by atoms with Crippen molar-refractivity contribution in [3.63, 3.8) is 0 Å². The van der Waals surface area contributed by atoms with Crippen LogP contribution in [-0.2, 0) is 11.3 Å². The SMILES string of the molecule is COc1cc(C)ccc1OCC(=O)NCc1ccc(Cl)cc1Cl. The van der Waals surface area contributed by atoms with E-state index in [4.69, 9.17) is 32.7 Å². The summed E-state index contributed by atoms with van der Waals surface area (Å²) in [4.78, 5) is 11.9. The minimum atomic E-state index is -0.251. The molecule has 23 heavy (non-hydrogen) atoms. The maximum Gasteiger partial charge on any atom is 0.258 e. The van der Waals surface area contributed by atoms with Crippen molar-refractivity contribution < 1.29 is 14.3 Å². The molecule has 0 saturated heterocycles. The van der Waals surface area contributed by atoms with Gasteiger partial charge in [0.25, 0.3) is 5.91 Å². The smallest absolute Gasteiger partial charge is 0.258 e. The number of nitrogens with one attached hydrogen (secondary N) is 1. The van der Waals surface area contributed by atoms with E-state index in [0.717, 1.165) is 11.1 Å². The summed E-state index contributed by atoms with van der Waals surface area (Å²) >= 11 is 11.9. The number of aryl methyl sites for hydroxylation is 1. The van der Waals surface area contributed by atoms with Crippen LogP contribution in [0.5, 0.6) is 11.5 Å². The van der Waals surface area contributed by atoms with E-state index in [1.54, 1.807) is 31.4 Å². The number of hydrogen-bond donors (Lipinski definition) is 1. The highest BCUT2D eigenvalue weighted by atomic mass is 35.5. The molecule has 1 amide bonds. The monoisotopic (exact) mass is 353 g/mol. The molecule has 0 spiro atoms. The Balaban J connectivity index is 1.88. The third-order valence-electron chi connectivity index (χ3n) is 3.17. The van der Waals surface area contributed by atoms with E-state index in [2.05, 4.69) is 5.32 Å². The Hall–Kier alpha value is -1.91. The Morgan fingerprint density at radius 1 is 1.13 bits per heavy atom. The Bertz CT molecular complexity index is 704. The van der Waals surface area contributed by atoms with Gasteiger partial charge in [0.2, 0.25) is 0 Å². The standard InChI is InChI=1S/C17H17Cl2NO3/c1-11-3-6-15(16(7-11)22-2)23-10-17(21)20-9-12-4-5-13(18)8-14(12)19/h3-8H,9-10H2,1-2H3,(H,20,21). The Labute approximate surface area is 145 Å². The van der Waals surface area contributed by atoms with E-state index in [9.17, 15) is 4.79 Å². The summed E-state index contributed by atoms with van der Waals surface area (Å²) in [6.07, 6.45) is 0. The van der Waals surface area contributed by atoms with E-state index in [-0.39, 0.29) is 12.5 Å². The number of halogens is 2. The van der Waals surface area contributed by atoms with Crippen LogP contribution in [0.15, 0.2) is 36.4 Å². The molecule has 0 bridgehead atoms. The second-order valence-electron chi connectivity index (χ2n) is 4.96. The van der Waals surface area contributed by atoms with Gasteiger partial charge < -0.3 is 14.8 Å². The van der Waals surface area contributed by atoms with Crippen molar-refractivity contribution in [1.29, 1.82) is 0 Å². The largest absolute Gasteiger partial charge is 0.493 e. The number of amides is 1. The summed E-state index contributed by atoms with van der Waals surface area (Å²) in [6, 6.07) is 10.6. The maximum atomic E-state index is 11.9. The molecule has 0 atom stereocenters. The summed E-state index contributed by atoms with van der Waals surface area (Å²) in [5.41, 5.74) is 1.84. The number of rotatable bonds is 6. The van der Waals surface area contributed by atoms with Gasteiger partial charge in [-0.15, -0.1) is 0 Å². The fourth-order valence-electron chi connectivity index (χ4n) is 1.95. The van der Waals surface area contributed by atoms with Gasteiger partial charge in [0, 0.05) is 16.6 Å². The topological polar surface area (TPSA) is 47.6 Å². The van der Waals surface area contributed by atoms with Gasteiger partial charge in [-0.05, 0) is 42.3 Å². The van der Waals surface area contributed by atoms with E-state index in [1.807, 2.05) is 19.1 Å². The van der Waals surface area contributed by atoms with Crippen molar-refractivity contribution >= 4 is 29.1 Å². The minimum Gasteiger partial charge on any atom is -0.493 e. The van der Waals surface area contributed by atoms with Crippen LogP contribution in [0.25, 0.3) is 0 Å². The van der Waals surface area contributed by atoms with Crippen molar-refractivity contribution in [2.45, 2.75) is 13.5 Å². The first-order valence-electron chi connectivity index (χ1n) is 6.97. The number of ether oxygens (including phenoxy) is 2. The highest BCUT2D eigenvalue weighted by molar-refractivity contribution is 6.35. The summed E-state index contributed by atoms with van der Waals surface area (Å²) in [6.45, 7) is 2.16. The molecule has 0 aromatic heterocycles. The van der Waals surface area contributed by atoms with Gasteiger partial charge in [-0.2, -0.15) is 0 Å². The molecule has 2 aromatic rings. The molecule has 0 aliphatic carbocycles. The molecule has 0 saturated carbocycles. The van der Waals surface area contributed by atoms with Crippen molar-refractivity contribution in [2.24, 2.45) is 0 Å². The van der Waals surface area contributed by atoms with Crippen LogP contribution in [0, 0.1) is 6.92 Å². The first-order chi connectivity index (χ1) is 11.0. The minimum absolute atomic E-state index is 0.107. The number of benzene rings is 2. The fourth-order valence-corrected chi connectivity index (χ4v) is 2.42. The molecule has 6 heteroatoms. The molecule has 122 valence electrons. The van der Waals surface area contributed by atoms with E-state index < -0.39 is 0 Å². The van der Waals surface area contributed by atoms with Gasteiger partial charge in [-0.3, -0.25) is 4.79 Å². The Morgan fingerprint density at radius 3 is 2.61 bits per heavy atom. The highest BCUT2D eigenvalue weighted by Crippen LogP contribution is 2.27. The lowest BCUT2D eigenvalue weighted by molar-refractivity contribution is -0.123. The second-order valence-corrected chi connectivity index (χ2v) is 5.80. The van der Waals surface area contributed by atoms with Crippen molar-refractivity contribution in [3.8, 4) is 11.5 Å². The van der Waals surface area contributed by atoms with E-state index in [0.29, 0.717) is 28.1 Å². The average Bonchev–Trinajstić information content (AvgIpc) is 2.52. The Morgan fingerprint density at radius 2 is 1.91 bits per heavy atom. The van der Waals surface area contributed by atoms with Crippen molar-refractivity contribution in [1.82, 2.24) is 5.32 Å². The molecular formula is C17H17Cl2NO3. The summed E-state index contributed by atoms with van der Waals surface area (Å²) in [7, 11) is 1.56. The van der Waals surface area contributed by atoms with Crippen LogP contribution >= 0.6 is 23.2 Å². The summed E-state index contributed by atoms with van der Waals surface area (Å²) < 4.78 is 10.7. The molecule has 0 radical (unpaired) electrons. The maximum absolute atomic E-state index is 11.9. The molecule has 0 unspecified atom stereocenters. The quantitative estimate of drug-likeness (QED) is 0.853. The number of methoxy groups -OCH3 is 1. The molecule has 1 N–H and O–H groups in total. The van der Waals surface area contributed by atoms with Crippen LogP contribution in [0.1, 0.15) is 11.1 Å². The van der Waals surface area contributed by atoms with Crippen LogP contribution in [0.4, 0.5) is 0 Å². The lowest BCUT2D eigenvalue weighted by atomic mass is 10.2. The van der Waals surface area contributed by atoms with Crippen LogP contribution < -0.4 is 14.8 Å². The molecule has 4 nitrogen and oxygen atoms in total.